The van der Waals surface area contributed by atoms with E-state index in [0.717, 1.165) is 32.1 Å². The van der Waals surface area contributed by atoms with Crippen LogP contribution in [0.25, 0.3) is 10.9 Å². The molecule has 1 aliphatic carbocycles. The van der Waals surface area contributed by atoms with Crippen molar-refractivity contribution >= 4 is 32.4 Å². The van der Waals surface area contributed by atoms with E-state index in [1.165, 1.54) is 34.6 Å². The van der Waals surface area contributed by atoms with Gasteiger partial charge in [-0.3, -0.25) is 0 Å². The summed E-state index contributed by atoms with van der Waals surface area (Å²) in [6, 6.07) is 12.3. The summed E-state index contributed by atoms with van der Waals surface area (Å²) in [6.07, 6.45) is 0.149. The van der Waals surface area contributed by atoms with Crippen molar-refractivity contribution in [3.63, 3.8) is 0 Å². The van der Waals surface area contributed by atoms with Crippen molar-refractivity contribution in [3.8, 4) is 0 Å². The maximum atomic E-state index is 13.2. The Morgan fingerprint density at radius 2 is 1.62 bits per heavy atom. The molecule has 0 amide bonds. The number of aromatic nitrogens is 2. The lowest BCUT2D eigenvalue weighted by Crippen LogP contribution is -2.38. The molecular formula is C22H23F3N4O2S. The van der Waals surface area contributed by atoms with E-state index >= 15 is 0 Å². The van der Waals surface area contributed by atoms with Gasteiger partial charge in [0.2, 0.25) is 15.8 Å². The Hall–Kier alpha value is -2.72. The van der Waals surface area contributed by atoms with Crippen LogP contribution in [0.4, 0.5) is 24.7 Å². The smallest absolute Gasteiger partial charge is 0.340 e. The second-order valence-electron chi connectivity index (χ2n) is 7.87. The van der Waals surface area contributed by atoms with E-state index in [0.29, 0.717) is 11.1 Å². The van der Waals surface area contributed by atoms with Gasteiger partial charge in [0.15, 0.2) is 0 Å². The Bertz CT molecular complexity index is 1210. The lowest BCUT2D eigenvalue weighted by molar-refractivity contribution is -0.144. The Morgan fingerprint density at radius 1 is 0.969 bits per heavy atom. The van der Waals surface area contributed by atoms with Crippen molar-refractivity contribution in [1.82, 2.24) is 14.3 Å². The Labute approximate surface area is 184 Å². The zero-order valence-electron chi connectivity index (χ0n) is 17.4. The van der Waals surface area contributed by atoms with Crippen LogP contribution in [0.5, 0.6) is 0 Å². The number of rotatable bonds is 5. The van der Waals surface area contributed by atoms with Crippen molar-refractivity contribution < 1.29 is 21.6 Å². The fraction of sp³-hybridized carbons (Fsp3) is 0.364. The maximum absolute atomic E-state index is 13.2. The van der Waals surface area contributed by atoms with Crippen molar-refractivity contribution in [2.45, 2.75) is 49.2 Å². The van der Waals surface area contributed by atoms with E-state index in [9.17, 15) is 21.6 Å². The van der Waals surface area contributed by atoms with Gasteiger partial charge in [-0.2, -0.15) is 17.5 Å². The van der Waals surface area contributed by atoms with Gasteiger partial charge in [-0.25, -0.2) is 18.4 Å². The van der Waals surface area contributed by atoms with Crippen molar-refractivity contribution in [2.75, 3.05) is 12.4 Å². The minimum atomic E-state index is -4.69. The fourth-order valence-corrected chi connectivity index (χ4v) is 5.37. The lowest BCUT2D eigenvalue weighted by Gasteiger charge is -2.30. The van der Waals surface area contributed by atoms with Crippen molar-refractivity contribution in [3.05, 3.63) is 54.4 Å². The van der Waals surface area contributed by atoms with E-state index in [4.69, 9.17) is 0 Å². The number of anilines is 2. The van der Waals surface area contributed by atoms with Crippen LogP contribution in [0.3, 0.4) is 0 Å². The molecule has 10 heteroatoms. The third kappa shape index (κ3) is 4.56. The monoisotopic (exact) mass is 464 g/mol. The standard InChI is InChI=1S/C22H23F3N4O2S/c1-29(16-7-3-2-4-8-16)32(30,31)17-13-11-15(12-14-17)26-20-18-9-5-6-10-19(18)27-21(28-20)22(23,24)25/h5-6,9-14,16H,2-4,7-8H2,1H3,(H,26,27,28). The Balaban J connectivity index is 1.61. The summed E-state index contributed by atoms with van der Waals surface area (Å²) in [5.74, 6) is -1.25. The molecule has 0 spiro atoms. The SMILES string of the molecule is CN(C1CCCCC1)S(=O)(=O)c1ccc(Nc2nc(C(F)(F)F)nc3ccccc23)cc1. The van der Waals surface area contributed by atoms with Gasteiger partial charge in [0.05, 0.1) is 10.4 Å². The van der Waals surface area contributed by atoms with E-state index in [1.807, 2.05) is 0 Å². The largest absolute Gasteiger partial charge is 0.451 e. The zero-order valence-corrected chi connectivity index (χ0v) is 18.2. The number of nitrogens with zero attached hydrogens (tertiary/aromatic N) is 3. The molecule has 0 unspecified atom stereocenters. The molecule has 1 heterocycles. The molecule has 1 aliphatic rings. The first-order valence-electron chi connectivity index (χ1n) is 10.4. The molecule has 170 valence electrons. The van der Waals surface area contributed by atoms with Gasteiger partial charge < -0.3 is 5.32 Å². The van der Waals surface area contributed by atoms with Gasteiger partial charge in [0.1, 0.15) is 5.82 Å². The lowest BCUT2D eigenvalue weighted by atomic mass is 9.96. The molecule has 0 radical (unpaired) electrons. The summed E-state index contributed by atoms with van der Waals surface area (Å²) < 4.78 is 67.1. The maximum Gasteiger partial charge on any atom is 0.451 e. The average Bonchev–Trinajstić information content (AvgIpc) is 2.79. The molecule has 32 heavy (non-hydrogen) atoms. The molecule has 3 aromatic rings. The molecule has 1 N–H and O–H groups in total. The van der Waals surface area contributed by atoms with Crippen LogP contribution in [-0.2, 0) is 16.2 Å². The number of alkyl halides is 3. The van der Waals surface area contributed by atoms with E-state index < -0.39 is 22.0 Å². The summed E-state index contributed by atoms with van der Waals surface area (Å²) in [5.41, 5.74) is 0.576. The predicted molar refractivity (Wildman–Crippen MR) is 116 cm³/mol. The van der Waals surface area contributed by atoms with Gasteiger partial charge in [-0.15, -0.1) is 0 Å². The molecule has 1 saturated carbocycles. The first-order chi connectivity index (χ1) is 15.2. The summed E-state index contributed by atoms with van der Waals surface area (Å²) in [6.45, 7) is 0. The quantitative estimate of drug-likeness (QED) is 0.551. The van der Waals surface area contributed by atoms with Crippen LogP contribution in [0.2, 0.25) is 0 Å². The van der Waals surface area contributed by atoms with E-state index in [1.54, 1.807) is 25.2 Å². The summed E-state index contributed by atoms with van der Waals surface area (Å²) in [7, 11) is -2.06. The number of hydrogen-bond acceptors (Lipinski definition) is 5. The van der Waals surface area contributed by atoms with Gasteiger partial charge in [-0.1, -0.05) is 31.4 Å². The highest BCUT2D eigenvalue weighted by atomic mass is 32.2. The normalized spacial score (nSPS) is 15.9. The Kier molecular flexibility index (Phi) is 6.09. The highest BCUT2D eigenvalue weighted by Crippen LogP contribution is 2.32. The van der Waals surface area contributed by atoms with Gasteiger partial charge in [0, 0.05) is 24.2 Å². The van der Waals surface area contributed by atoms with E-state index in [-0.39, 0.29) is 22.3 Å². The number of hydrogen-bond donors (Lipinski definition) is 1. The molecule has 1 aromatic heterocycles. The minimum absolute atomic E-state index is 0.00199. The van der Waals surface area contributed by atoms with Crippen LogP contribution in [0.15, 0.2) is 53.4 Å². The van der Waals surface area contributed by atoms with Gasteiger partial charge in [-0.05, 0) is 49.2 Å². The van der Waals surface area contributed by atoms with Gasteiger partial charge >= 0.3 is 6.18 Å². The second-order valence-corrected chi connectivity index (χ2v) is 9.87. The van der Waals surface area contributed by atoms with Crippen LogP contribution < -0.4 is 5.32 Å². The highest BCUT2D eigenvalue weighted by molar-refractivity contribution is 7.89. The molecule has 4 rings (SSSR count). The summed E-state index contributed by atoms with van der Waals surface area (Å²) in [4.78, 5) is 7.39. The predicted octanol–water partition coefficient (Wildman–Crippen LogP) is 5.35. The third-order valence-electron chi connectivity index (χ3n) is 5.74. The topological polar surface area (TPSA) is 75.2 Å². The number of para-hydroxylation sites is 1. The third-order valence-corrected chi connectivity index (χ3v) is 7.66. The summed E-state index contributed by atoms with van der Waals surface area (Å²) >= 11 is 0. The second kappa shape index (κ2) is 8.67. The van der Waals surface area contributed by atoms with Crippen LogP contribution in [0, 0.1) is 0 Å². The molecule has 0 saturated heterocycles. The molecule has 2 aromatic carbocycles. The zero-order chi connectivity index (χ0) is 22.9. The molecule has 1 fully saturated rings. The Morgan fingerprint density at radius 3 is 2.28 bits per heavy atom. The number of benzene rings is 2. The van der Waals surface area contributed by atoms with Gasteiger partial charge in [0.25, 0.3) is 0 Å². The molecule has 0 aliphatic heterocycles. The molecule has 6 nitrogen and oxygen atoms in total. The first kappa shape index (κ1) is 22.5. The van der Waals surface area contributed by atoms with Crippen LogP contribution >= 0.6 is 0 Å². The first-order valence-corrected chi connectivity index (χ1v) is 11.8. The minimum Gasteiger partial charge on any atom is -0.340 e. The average molecular weight is 465 g/mol. The molecule has 0 bridgehead atoms. The van der Waals surface area contributed by atoms with Crippen LogP contribution in [-0.4, -0.2) is 35.8 Å². The highest BCUT2D eigenvalue weighted by Gasteiger charge is 2.35. The van der Waals surface area contributed by atoms with Crippen LogP contribution in [0.1, 0.15) is 37.9 Å². The number of halogens is 3. The fourth-order valence-electron chi connectivity index (χ4n) is 3.95. The summed E-state index contributed by atoms with van der Waals surface area (Å²) in [5, 5.41) is 3.30. The van der Waals surface area contributed by atoms with E-state index in [2.05, 4.69) is 15.3 Å². The van der Waals surface area contributed by atoms with Crippen molar-refractivity contribution in [1.29, 1.82) is 0 Å². The number of nitrogens with one attached hydrogen (secondary N) is 1. The number of fused-ring (bicyclic) bond motifs is 1. The molecular weight excluding hydrogens is 441 g/mol. The van der Waals surface area contributed by atoms with Crippen molar-refractivity contribution in [2.24, 2.45) is 0 Å². The number of sulfonamides is 1. The molecule has 0 atom stereocenters.